The minimum Gasteiger partial charge on any atom is -0.462 e. The van der Waals surface area contributed by atoms with Gasteiger partial charge in [0.15, 0.2) is 5.58 Å². The maximum atomic E-state index is 5.70. The SMILES string of the molecule is Nc1cc(I)cc2ccoc12. The summed E-state index contributed by atoms with van der Waals surface area (Å²) in [5.74, 6) is 0. The van der Waals surface area contributed by atoms with Crippen molar-refractivity contribution in [3.63, 3.8) is 0 Å². The molecule has 2 N–H and O–H groups in total. The lowest BCUT2D eigenvalue weighted by Gasteiger charge is -1.95. The monoisotopic (exact) mass is 259 g/mol. The van der Waals surface area contributed by atoms with Crippen molar-refractivity contribution in [2.75, 3.05) is 5.73 Å². The normalized spacial score (nSPS) is 10.6. The third-order valence-corrected chi connectivity index (χ3v) is 2.17. The summed E-state index contributed by atoms with van der Waals surface area (Å²) in [5.41, 5.74) is 7.19. The van der Waals surface area contributed by atoms with Crippen LogP contribution < -0.4 is 5.73 Å². The molecule has 0 aliphatic rings. The van der Waals surface area contributed by atoms with E-state index in [1.807, 2.05) is 18.2 Å². The van der Waals surface area contributed by atoms with Crippen LogP contribution in [0.5, 0.6) is 0 Å². The molecule has 2 nitrogen and oxygen atoms in total. The lowest BCUT2D eigenvalue weighted by molar-refractivity contribution is 0.617. The highest BCUT2D eigenvalue weighted by Gasteiger charge is 2.01. The Kier molecular flexibility index (Phi) is 1.52. The van der Waals surface area contributed by atoms with Crippen molar-refractivity contribution >= 4 is 39.2 Å². The molecule has 0 aliphatic heterocycles. The molecule has 0 unspecified atom stereocenters. The third-order valence-electron chi connectivity index (χ3n) is 1.54. The van der Waals surface area contributed by atoms with Crippen LogP contribution in [-0.4, -0.2) is 0 Å². The molecule has 2 aromatic rings. The molecular weight excluding hydrogens is 253 g/mol. The van der Waals surface area contributed by atoms with Gasteiger partial charge in [0.2, 0.25) is 0 Å². The number of rotatable bonds is 0. The van der Waals surface area contributed by atoms with Crippen molar-refractivity contribution in [1.29, 1.82) is 0 Å². The molecule has 0 fully saturated rings. The van der Waals surface area contributed by atoms with Gasteiger partial charge in [-0.2, -0.15) is 0 Å². The zero-order valence-corrected chi connectivity index (χ0v) is 7.83. The van der Waals surface area contributed by atoms with E-state index in [0.29, 0.717) is 5.69 Å². The van der Waals surface area contributed by atoms with Crippen LogP contribution in [0.25, 0.3) is 11.0 Å². The Morgan fingerprint density at radius 2 is 2.18 bits per heavy atom. The summed E-state index contributed by atoms with van der Waals surface area (Å²) in [6, 6.07) is 5.84. The van der Waals surface area contributed by atoms with Gasteiger partial charge in [0, 0.05) is 8.96 Å². The quantitative estimate of drug-likeness (QED) is 0.583. The van der Waals surface area contributed by atoms with Crippen LogP contribution in [0.1, 0.15) is 0 Å². The molecule has 0 aliphatic carbocycles. The highest BCUT2D eigenvalue weighted by Crippen LogP contribution is 2.24. The van der Waals surface area contributed by atoms with Gasteiger partial charge in [0.25, 0.3) is 0 Å². The smallest absolute Gasteiger partial charge is 0.156 e. The fourth-order valence-electron chi connectivity index (χ4n) is 1.07. The first-order chi connectivity index (χ1) is 5.27. The minimum atomic E-state index is 0.705. The molecule has 0 spiro atoms. The Morgan fingerprint density at radius 1 is 1.36 bits per heavy atom. The second-order valence-electron chi connectivity index (χ2n) is 2.33. The molecule has 1 heterocycles. The number of nitrogens with two attached hydrogens (primary N) is 1. The molecule has 56 valence electrons. The zero-order valence-electron chi connectivity index (χ0n) is 5.67. The zero-order chi connectivity index (χ0) is 7.84. The fourth-order valence-corrected chi connectivity index (χ4v) is 1.74. The first-order valence-electron chi connectivity index (χ1n) is 3.19. The topological polar surface area (TPSA) is 39.2 Å². The maximum absolute atomic E-state index is 5.70. The van der Waals surface area contributed by atoms with Gasteiger partial charge < -0.3 is 10.2 Å². The lowest BCUT2D eigenvalue weighted by Crippen LogP contribution is -1.85. The third kappa shape index (κ3) is 1.09. The van der Waals surface area contributed by atoms with E-state index in [0.717, 1.165) is 14.5 Å². The van der Waals surface area contributed by atoms with Gasteiger partial charge in [-0.15, -0.1) is 0 Å². The molecule has 1 aromatic carbocycles. The van der Waals surface area contributed by atoms with Gasteiger partial charge in [-0.3, -0.25) is 0 Å². The van der Waals surface area contributed by atoms with Gasteiger partial charge in [-0.1, -0.05) is 0 Å². The number of halogens is 1. The van der Waals surface area contributed by atoms with E-state index >= 15 is 0 Å². The summed E-state index contributed by atoms with van der Waals surface area (Å²) in [4.78, 5) is 0. The van der Waals surface area contributed by atoms with Crippen molar-refractivity contribution in [3.8, 4) is 0 Å². The van der Waals surface area contributed by atoms with E-state index in [9.17, 15) is 0 Å². The van der Waals surface area contributed by atoms with Crippen molar-refractivity contribution in [3.05, 3.63) is 28.0 Å². The molecule has 0 radical (unpaired) electrons. The molecule has 0 saturated heterocycles. The van der Waals surface area contributed by atoms with Crippen LogP contribution in [0.3, 0.4) is 0 Å². The average molecular weight is 259 g/mol. The highest BCUT2D eigenvalue weighted by atomic mass is 127. The molecule has 0 bridgehead atoms. The Bertz CT molecular complexity index is 394. The van der Waals surface area contributed by atoms with E-state index in [1.165, 1.54) is 0 Å². The molecule has 0 amide bonds. The van der Waals surface area contributed by atoms with Crippen LogP contribution in [-0.2, 0) is 0 Å². The van der Waals surface area contributed by atoms with Gasteiger partial charge >= 0.3 is 0 Å². The number of hydrogen-bond donors (Lipinski definition) is 1. The number of furan rings is 1. The predicted octanol–water partition coefficient (Wildman–Crippen LogP) is 2.62. The van der Waals surface area contributed by atoms with E-state index in [1.54, 1.807) is 6.26 Å². The number of anilines is 1. The van der Waals surface area contributed by atoms with Crippen molar-refractivity contribution in [1.82, 2.24) is 0 Å². The predicted molar refractivity (Wildman–Crippen MR) is 53.3 cm³/mol. The van der Waals surface area contributed by atoms with Crippen LogP contribution in [0.2, 0.25) is 0 Å². The minimum absolute atomic E-state index is 0.705. The van der Waals surface area contributed by atoms with Crippen LogP contribution >= 0.6 is 22.6 Å². The molecular formula is C8H6INO. The standard InChI is InChI=1S/C8H6INO/c9-6-3-5-1-2-11-8(5)7(10)4-6/h1-4H,10H2. The molecule has 0 saturated carbocycles. The van der Waals surface area contributed by atoms with Gasteiger partial charge in [-0.05, 0) is 40.8 Å². The molecule has 1 aromatic heterocycles. The Hall–Kier alpha value is -0.710. The molecule has 11 heavy (non-hydrogen) atoms. The average Bonchev–Trinajstić information content (AvgIpc) is 2.34. The molecule has 0 atom stereocenters. The van der Waals surface area contributed by atoms with Crippen molar-refractivity contribution in [2.24, 2.45) is 0 Å². The van der Waals surface area contributed by atoms with Crippen molar-refractivity contribution in [2.45, 2.75) is 0 Å². The number of hydrogen-bond acceptors (Lipinski definition) is 2. The Morgan fingerprint density at radius 3 is 3.00 bits per heavy atom. The van der Waals surface area contributed by atoms with E-state index in [-0.39, 0.29) is 0 Å². The number of benzene rings is 1. The Balaban J connectivity index is 2.91. The summed E-state index contributed by atoms with van der Waals surface area (Å²) in [5, 5.41) is 1.06. The molecule has 3 heteroatoms. The van der Waals surface area contributed by atoms with Gasteiger partial charge in [0.1, 0.15) is 0 Å². The number of nitrogen functional groups attached to an aromatic ring is 1. The fraction of sp³-hybridized carbons (Fsp3) is 0. The van der Waals surface area contributed by atoms with Gasteiger partial charge in [0.05, 0.1) is 12.0 Å². The van der Waals surface area contributed by atoms with E-state index < -0.39 is 0 Å². The van der Waals surface area contributed by atoms with Crippen molar-refractivity contribution < 1.29 is 4.42 Å². The van der Waals surface area contributed by atoms with Crippen LogP contribution in [0.4, 0.5) is 5.69 Å². The first kappa shape index (κ1) is 6.97. The molecule has 2 rings (SSSR count). The van der Waals surface area contributed by atoms with E-state index in [4.69, 9.17) is 10.2 Å². The summed E-state index contributed by atoms with van der Waals surface area (Å²) >= 11 is 2.23. The second-order valence-corrected chi connectivity index (χ2v) is 3.58. The lowest BCUT2D eigenvalue weighted by atomic mass is 10.2. The summed E-state index contributed by atoms with van der Waals surface area (Å²) < 4.78 is 6.31. The number of fused-ring (bicyclic) bond motifs is 1. The van der Waals surface area contributed by atoms with Gasteiger partial charge in [-0.25, -0.2) is 0 Å². The van der Waals surface area contributed by atoms with Crippen LogP contribution in [0, 0.1) is 3.57 Å². The van der Waals surface area contributed by atoms with E-state index in [2.05, 4.69) is 22.6 Å². The second kappa shape index (κ2) is 2.41. The maximum Gasteiger partial charge on any atom is 0.156 e. The summed E-state index contributed by atoms with van der Waals surface area (Å²) in [6.07, 6.45) is 1.65. The summed E-state index contributed by atoms with van der Waals surface area (Å²) in [7, 11) is 0. The highest BCUT2D eigenvalue weighted by molar-refractivity contribution is 14.1. The summed E-state index contributed by atoms with van der Waals surface area (Å²) in [6.45, 7) is 0. The first-order valence-corrected chi connectivity index (χ1v) is 4.27. The Labute approximate surface area is 77.5 Å². The largest absolute Gasteiger partial charge is 0.462 e. The van der Waals surface area contributed by atoms with Crippen LogP contribution in [0.15, 0.2) is 28.9 Å².